The van der Waals surface area contributed by atoms with Crippen molar-refractivity contribution in [3.8, 4) is 0 Å². The van der Waals surface area contributed by atoms with E-state index < -0.39 is 0 Å². The maximum absolute atomic E-state index is 8.52. The molecule has 4 nitrogen and oxygen atoms in total. The van der Waals surface area contributed by atoms with Crippen LogP contribution in [0, 0.1) is 5.92 Å². The first-order chi connectivity index (χ1) is 7.51. The van der Waals surface area contributed by atoms with Crippen molar-refractivity contribution in [1.29, 1.82) is 0 Å². The third-order valence-corrected chi connectivity index (χ3v) is 2.71. The minimum absolute atomic E-state index is 0.317. The van der Waals surface area contributed by atoms with Gasteiger partial charge in [-0.15, -0.1) is 0 Å². The summed E-state index contributed by atoms with van der Waals surface area (Å²) >= 11 is 0. The van der Waals surface area contributed by atoms with Gasteiger partial charge in [0.1, 0.15) is 5.84 Å². The average Bonchev–Trinajstić information content (AvgIpc) is 2.23. The Kier molecular flexibility index (Phi) is 7.99. The lowest BCUT2D eigenvalue weighted by molar-refractivity contribution is 0.181. The molecule has 96 valence electrons. The molecule has 0 amide bonds. The number of nitrogens with zero attached hydrogens (tertiary/aromatic N) is 2. The Balaban J connectivity index is 4.19. The van der Waals surface area contributed by atoms with Crippen LogP contribution in [0.15, 0.2) is 5.16 Å². The monoisotopic (exact) mass is 229 g/mol. The van der Waals surface area contributed by atoms with Crippen molar-refractivity contribution < 1.29 is 5.21 Å². The van der Waals surface area contributed by atoms with E-state index in [2.05, 4.69) is 37.8 Å². The molecular formula is C12H27N3O. The van der Waals surface area contributed by atoms with Gasteiger partial charge in [0, 0.05) is 25.6 Å². The molecule has 0 aliphatic carbocycles. The molecule has 0 saturated carbocycles. The van der Waals surface area contributed by atoms with Crippen LogP contribution >= 0.6 is 0 Å². The zero-order valence-corrected chi connectivity index (χ0v) is 11.1. The highest BCUT2D eigenvalue weighted by atomic mass is 16.4. The maximum atomic E-state index is 8.52. The Hall–Kier alpha value is -0.770. The number of hydrogen-bond donors (Lipinski definition) is 2. The van der Waals surface area contributed by atoms with Gasteiger partial charge in [0.05, 0.1) is 0 Å². The number of amidine groups is 1. The molecule has 0 aromatic rings. The number of nitrogens with two attached hydrogens (primary N) is 1. The smallest absolute Gasteiger partial charge is 0.140 e. The molecule has 0 aliphatic heterocycles. The zero-order chi connectivity index (χ0) is 12.6. The van der Waals surface area contributed by atoms with E-state index in [0.29, 0.717) is 24.2 Å². The van der Waals surface area contributed by atoms with Gasteiger partial charge >= 0.3 is 0 Å². The van der Waals surface area contributed by atoms with E-state index in [1.165, 1.54) is 12.8 Å². The Morgan fingerprint density at radius 1 is 1.38 bits per heavy atom. The highest BCUT2D eigenvalue weighted by molar-refractivity contribution is 5.79. The fourth-order valence-corrected chi connectivity index (χ4v) is 1.87. The number of hydrogen-bond acceptors (Lipinski definition) is 3. The highest BCUT2D eigenvalue weighted by Crippen LogP contribution is 2.10. The van der Waals surface area contributed by atoms with Gasteiger partial charge in [-0.1, -0.05) is 32.3 Å². The van der Waals surface area contributed by atoms with Crippen molar-refractivity contribution in [1.82, 2.24) is 4.90 Å². The predicted molar refractivity (Wildman–Crippen MR) is 68.8 cm³/mol. The normalized spacial score (nSPS) is 14.8. The lowest BCUT2D eigenvalue weighted by Gasteiger charge is -2.30. The largest absolute Gasteiger partial charge is 0.409 e. The Labute approximate surface area is 99.5 Å². The molecule has 0 aliphatic rings. The van der Waals surface area contributed by atoms with E-state index in [1.54, 1.807) is 0 Å². The molecule has 4 heteroatoms. The second-order valence-corrected chi connectivity index (χ2v) is 4.87. The van der Waals surface area contributed by atoms with Crippen LogP contribution < -0.4 is 5.73 Å². The van der Waals surface area contributed by atoms with Crippen LogP contribution in [0.5, 0.6) is 0 Å². The summed E-state index contributed by atoms with van der Waals surface area (Å²) in [7, 11) is 0. The van der Waals surface area contributed by atoms with Gasteiger partial charge < -0.3 is 10.9 Å². The van der Waals surface area contributed by atoms with Gasteiger partial charge in [0.25, 0.3) is 0 Å². The molecule has 0 bridgehead atoms. The second kappa shape index (κ2) is 8.39. The van der Waals surface area contributed by atoms with Gasteiger partial charge in [0.15, 0.2) is 0 Å². The lowest BCUT2D eigenvalue weighted by Crippen LogP contribution is -2.38. The molecular weight excluding hydrogens is 202 g/mol. The van der Waals surface area contributed by atoms with Crippen molar-refractivity contribution in [2.45, 2.75) is 53.0 Å². The standard InChI is InChI=1S/C12H27N3O/c1-5-6-11(4)15(9-10(2)3)8-7-12(13)14-16/h10-11,16H,5-9H2,1-4H3,(H2,13,14). The van der Waals surface area contributed by atoms with Crippen LogP contribution in [-0.4, -0.2) is 35.1 Å². The zero-order valence-electron chi connectivity index (χ0n) is 11.1. The van der Waals surface area contributed by atoms with Crippen LogP contribution in [0.3, 0.4) is 0 Å². The predicted octanol–water partition coefficient (Wildman–Crippen LogP) is 2.27. The van der Waals surface area contributed by atoms with E-state index in [1.807, 2.05) is 0 Å². The fraction of sp³-hybridized carbons (Fsp3) is 0.917. The summed E-state index contributed by atoms with van der Waals surface area (Å²) in [5.41, 5.74) is 5.50. The number of oxime groups is 1. The summed E-state index contributed by atoms with van der Waals surface area (Å²) in [4.78, 5) is 2.42. The minimum Gasteiger partial charge on any atom is -0.409 e. The third kappa shape index (κ3) is 6.67. The van der Waals surface area contributed by atoms with E-state index in [4.69, 9.17) is 10.9 Å². The molecule has 1 atom stereocenters. The van der Waals surface area contributed by atoms with Gasteiger partial charge in [-0.2, -0.15) is 0 Å². The first-order valence-corrected chi connectivity index (χ1v) is 6.21. The highest BCUT2D eigenvalue weighted by Gasteiger charge is 2.14. The van der Waals surface area contributed by atoms with Crippen LogP contribution in [0.2, 0.25) is 0 Å². The van der Waals surface area contributed by atoms with Crippen LogP contribution in [0.1, 0.15) is 47.0 Å². The van der Waals surface area contributed by atoms with Crippen LogP contribution in [-0.2, 0) is 0 Å². The maximum Gasteiger partial charge on any atom is 0.140 e. The molecule has 0 aromatic heterocycles. The summed E-state index contributed by atoms with van der Waals surface area (Å²) in [6.45, 7) is 10.8. The lowest BCUT2D eigenvalue weighted by atomic mass is 10.1. The quantitative estimate of drug-likeness (QED) is 0.290. The molecule has 0 radical (unpaired) electrons. The molecule has 1 unspecified atom stereocenters. The summed E-state index contributed by atoms with van der Waals surface area (Å²) in [5, 5.41) is 11.5. The topological polar surface area (TPSA) is 61.8 Å². The van der Waals surface area contributed by atoms with Crippen LogP contribution in [0.25, 0.3) is 0 Å². The molecule has 0 aromatic carbocycles. The molecule has 0 rings (SSSR count). The minimum atomic E-state index is 0.317. The molecule has 0 heterocycles. The van der Waals surface area contributed by atoms with E-state index in [0.717, 1.165) is 13.1 Å². The van der Waals surface area contributed by atoms with Gasteiger partial charge in [-0.05, 0) is 19.3 Å². The van der Waals surface area contributed by atoms with E-state index in [-0.39, 0.29) is 0 Å². The van der Waals surface area contributed by atoms with Crippen molar-refractivity contribution in [2.75, 3.05) is 13.1 Å². The van der Waals surface area contributed by atoms with E-state index in [9.17, 15) is 0 Å². The molecule has 0 saturated heterocycles. The molecule has 3 N–H and O–H groups in total. The van der Waals surface area contributed by atoms with E-state index >= 15 is 0 Å². The molecule has 0 spiro atoms. The third-order valence-electron chi connectivity index (χ3n) is 2.71. The van der Waals surface area contributed by atoms with Gasteiger partial charge in [-0.25, -0.2) is 0 Å². The van der Waals surface area contributed by atoms with Crippen molar-refractivity contribution in [3.05, 3.63) is 0 Å². The summed E-state index contributed by atoms with van der Waals surface area (Å²) in [6.07, 6.45) is 3.03. The molecule has 0 fully saturated rings. The first-order valence-electron chi connectivity index (χ1n) is 6.21. The van der Waals surface area contributed by atoms with Gasteiger partial charge in [-0.3, -0.25) is 4.90 Å². The molecule has 16 heavy (non-hydrogen) atoms. The summed E-state index contributed by atoms with van der Waals surface area (Å²) in [5.74, 6) is 0.962. The number of rotatable bonds is 8. The Bertz CT molecular complexity index is 204. The summed E-state index contributed by atoms with van der Waals surface area (Å²) in [6, 6.07) is 0.568. The van der Waals surface area contributed by atoms with Crippen molar-refractivity contribution >= 4 is 5.84 Å². The van der Waals surface area contributed by atoms with Crippen LogP contribution in [0.4, 0.5) is 0 Å². The Morgan fingerprint density at radius 2 is 2.00 bits per heavy atom. The Morgan fingerprint density at radius 3 is 2.44 bits per heavy atom. The first kappa shape index (κ1) is 15.2. The fourth-order valence-electron chi connectivity index (χ4n) is 1.87. The average molecular weight is 229 g/mol. The van der Waals surface area contributed by atoms with Gasteiger partial charge in [0.2, 0.25) is 0 Å². The van der Waals surface area contributed by atoms with Crippen molar-refractivity contribution in [2.24, 2.45) is 16.8 Å². The summed E-state index contributed by atoms with van der Waals surface area (Å²) < 4.78 is 0. The SMILES string of the molecule is CCCC(C)N(CCC(N)=NO)CC(C)C. The van der Waals surface area contributed by atoms with Crippen molar-refractivity contribution in [3.63, 3.8) is 0 Å². The second-order valence-electron chi connectivity index (χ2n) is 4.87.